The first-order valence-electron chi connectivity index (χ1n) is 7.18. The molecular formula is C14H17N5O4. The molecule has 0 spiro atoms. The Balaban J connectivity index is 2.06. The van der Waals surface area contributed by atoms with Gasteiger partial charge in [-0.2, -0.15) is 0 Å². The first-order valence-corrected chi connectivity index (χ1v) is 7.18. The molecule has 2 aromatic heterocycles. The predicted octanol–water partition coefficient (Wildman–Crippen LogP) is -1.22. The largest absolute Gasteiger partial charge is 0.394 e. The lowest BCUT2D eigenvalue weighted by molar-refractivity contribution is -0.0511. The van der Waals surface area contributed by atoms with Gasteiger partial charge in [0.05, 0.1) is 12.9 Å². The van der Waals surface area contributed by atoms with Gasteiger partial charge in [-0.25, -0.2) is 15.0 Å². The molecule has 122 valence electrons. The summed E-state index contributed by atoms with van der Waals surface area (Å²) in [5, 5.41) is 29.2. The summed E-state index contributed by atoms with van der Waals surface area (Å²) in [5.74, 6) is 6.05. The highest BCUT2D eigenvalue weighted by Crippen LogP contribution is 2.31. The maximum Gasteiger partial charge on any atom is 0.208 e. The number of nitrogen functional groups attached to an aromatic ring is 1. The molecule has 0 aromatic carbocycles. The molecule has 0 aliphatic carbocycles. The highest BCUT2D eigenvalue weighted by molar-refractivity contribution is 5.82. The van der Waals surface area contributed by atoms with Crippen molar-refractivity contribution >= 4 is 17.0 Å². The zero-order chi connectivity index (χ0) is 16.6. The van der Waals surface area contributed by atoms with Crippen LogP contribution in [-0.4, -0.2) is 59.8 Å². The summed E-state index contributed by atoms with van der Waals surface area (Å²) in [6.45, 7) is 1.49. The number of nitrogens with two attached hydrogens (primary N) is 1. The number of nitrogens with zero attached hydrogens (tertiary/aromatic N) is 4. The number of aliphatic hydroxyl groups is 3. The van der Waals surface area contributed by atoms with Crippen LogP contribution < -0.4 is 5.73 Å². The molecule has 0 amide bonds. The van der Waals surface area contributed by atoms with Crippen LogP contribution >= 0.6 is 0 Å². The lowest BCUT2D eigenvalue weighted by atomic mass is 10.1. The summed E-state index contributed by atoms with van der Waals surface area (Å²) in [6.07, 6.45) is -2.21. The Morgan fingerprint density at radius 1 is 1.35 bits per heavy atom. The van der Waals surface area contributed by atoms with E-state index in [2.05, 4.69) is 26.8 Å². The highest BCUT2D eigenvalue weighted by atomic mass is 16.6. The smallest absolute Gasteiger partial charge is 0.208 e. The van der Waals surface area contributed by atoms with Gasteiger partial charge in [0, 0.05) is 6.42 Å². The summed E-state index contributed by atoms with van der Waals surface area (Å²) < 4.78 is 6.94. The van der Waals surface area contributed by atoms with Crippen LogP contribution in [0.15, 0.2) is 6.33 Å². The van der Waals surface area contributed by atoms with Crippen LogP contribution in [0.5, 0.6) is 0 Å². The number of aromatic nitrogens is 4. The summed E-state index contributed by atoms with van der Waals surface area (Å²) in [5.41, 5.74) is 6.56. The molecule has 3 rings (SSSR count). The van der Waals surface area contributed by atoms with Gasteiger partial charge in [-0.1, -0.05) is 12.8 Å². The van der Waals surface area contributed by atoms with E-state index in [0.29, 0.717) is 17.6 Å². The van der Waals surface area contributed by atoms with Crippen molar-refractivity contribution in [1.29, 1.82) is 0 Å². The van der Waals surface area contributed by atoms with E-state index < -0.39 is 31.1 Å². The van der Waals surface area contributed by atoms with E-state index in [1.54, 1.807) is 0 Å². The number of ether oxygens (including phenoxy) is 1. The molecule has 1 aliphatic rings. The molecule has 9 nitrogen and oxygen atoms in total. The van der Waals surface area contributed by atoms with Crippen LogP contribution in [0.1, 0.15) is 25.4 Å². The summed E-state index contributed by atoms with van der Waals surface area (Å²) >= 11 is 0. The zero-order valence-electron chi connectivity index (χ0n) is 12.4. The average Bonchev–Trinajstić information content (AvgIpc) is 3.08. The third kappa shape index (κ3) is 2.62. The van der Waals surface area contributed by atoms with Crippen molar-refractivity contribution in [1.82, 2.24) is 19.5 Å². The third-order valence-corrected chi connectivity index (χ3v) is 3.62. The van der Waals surface area contributed by atoms with E-state index >= 15 is 0 Å². The maximum absolute atomic E-state index is 10.1. The van der Waals surface area contributed by atoms with Gasteiger partial charge in [0.2, 0.25) is 5.82 Å². The van der Waals surface area contributed by atoms with Crippen LogP contribution in [0, 0.1) is 11.8 Å². The Hall–Kier alpha value is -2.25. The molecular weight excluding hydrogens is 302 g/mol. The van der Waals surface area contributed by atoms with Crippen molar-refractivity contribution in [3.05, 3.63) is 12.2 Å². The summed E-state index contributed by atoms with van der Waals surface area (Å²) in [7, 11) is 0. The van der Waals surface area contributed by atoms with Crippen LogP contribution in [0.25, 0.3) is 11.2 Å². The molecule has 1 saturated heterocycles. The average molecular weight is 319 g/mol. The molecule has 1 aliphatic heterocycles. The molecule has 3 heterocycles. The molecule has 2 aromatic rings. The topological polar surface area (TPSA) is 140 Å². The lowest BCUT2D eigenvalue weighted by Crippen LogP contribution is -2.33. The van der Waals surface area contributed by atoms with E-state index in [9.17, 15) is 15.3 Å². The normalized spacial score (nSPS) is 27.1. The van der Waals surface area contributed by atoms with Crippen molar-refractivity contribution in [2.24, 2.45) is 0 Å². The Bertz CT molecular complexity index is 781. The molecule has 0 bridgehead atoms. The van der Waals surface area contributed by atoms with Crippen molar-refractivity contribution in [2.45, 2.75) is 37.9 Å². The number of fused-ring (bicyclic) bond motifs is 1. The predicted molar refractivity (Wildman–Crippen MR) is 79.9 cm³/mol. The molecule has 23 heavy (non-hydrogen) atoms. The van der Waals surface area contributed by atoms with Gasteiger partial charge >= 0.3 is 0 Å². The second-order valence-corrected chi connectivity index (χ2v) is 5.14. The van der Waals surface area contributed by atoms with Gasteiger partial charge in [-0.3, -0.25) is 4.57 Å². The SMILES string of the molecule is CCC#Cc1nc(N)c2ncn([C@@H]3O[C@H](CO)[C@@H](O)[C@@H]3O)c2n1. The Morgan fingerprint density at radius 2 is 2.13 bits per heavy atom. The number of imidazole rings is 1. The van der Waals surface area contributed by atoms with Crippen LogP contribution in [0.3, 0.4) is 0 Å². The van der Waals surface area contributed by atoms with Crippen molar-refractivity contribution in [2.75, 3.05) is 12.3 Å². The first kappa shape index (κ1) is 15.6. The second-order valence-electron chi connectivity index (χ2n) is 5.14. The fourth-order valence-corrected chi connectivity index (χ4v) is 2.46. The zero-order valence-corrected chi connectivity index (χ0v) is 12.4. The quantitative estimate of drug-likeness (QED) is 0.505. The molecule has 4 atom stereocenters. The minimum Gasteiger partial charge on any atom is -0.394 e. The fraction of sp³-hybridized carbons (Fsp3) is 0.500. The Labute approximate surface area is 131 Å². The third-order valence-electron chi connectivity index (χ3n) is 3.62. The van der Waals surface area contributed by atoms with Crippen LogP contribution in [0.4, 0.5) is 5.82 Å². The molecule has 1 fully saturated rings. The van der Waals surface area contributed by atoms with E-state index in [1.165, 1.54) is 10.9 Å². The molecule has 0 unspecified atom stereocenters. The second kappa shape index (κ2) is 6.10. The van der Waals surface area contributed by atoms with Gasteiger partial charge < -0.3 is 25.8 Å². The molecule has 0 saturated carbocycles. The van der Waals surface area contributed by atoms with E-state index in [4.69, 9.17) is 10.5 Å². The van der Waals surface area contributed by atoms with Gasteiger partial charge in [-0.15, -0.1) is 0 Å². The number of hydrogen-bond donors (Lipinski definition) is 4. The number of anilines is 1. The number of hydrogen-bond acceptors (Lipinski definition) is 8. The summed E-state index contributed by atoms with van der Waals surface area (Å²) in [4.78, 5) is 12.5. The number of aliphatic hydroxyl groups excluding tert-OH is 3. The van der Waals surface area contributed by atoms with Gasteiger partial charge in [0.1, 0.15) is 23.8 Å². The Morgan fingerprint density at radius 3 is 2.78 bits per heavy atom. The fourth-order valence-electron chi connectivity index (χ4n) is 2.46. The molecule has 5 N–H and O–H groups in total. The molecule has 0 radical (unpaired) electrons. The van der Waals surface area contributed by atoms with Crippen molar-refractivity contribution < 1.29 is 20.1 Å². The van der Waals surface area contributed by atoms with Gasteiger partial charge in [-0.05, 0) is 5.92 Å². The van der Waals surface area contributed by atoms with E-state index in [-0.39, 0.29) is 11.6 Å². The van der Waals surface area contributed by atoms with Gasteiger partial charge in [0.15, 0.2) is 17.7 Å². The van der Waals surface area contributed by atoms with Crippen LogP contribution in [-0.2, 0) is 4.74 Å². The van der Waals surface area contributed by atoms with E-state index in [1.807, 2.05) is 6.92 Å². The summed E-state index contributed by atoms with van der Waals surface area (Å²) in [6, 6.07) is 0. The van der Waals surface area contributed by atoms with Gasteiger partial charge in [0.25, 0.3) is 0 Å². The lowest BCUT2D eigenvalue weighted by Gasteiger charge is -2.16. The van der Waals surface area contributed by atoms with Crippen LogP contribution in [0.2, 0.25) is 0 Å². The first-order chi connectivity index (χ1) is 11.1. The minimum atomic E-state index is -1.23. The number of rotatable bonds is 2. The monoisotopic (exact) mass is 319 g/mol. The minimum absolute atomic E-state index is 0.167. The Kier molecular flexibility index (Phi) is 4.14. The van der Waals surface area contributed by atoms with E-state index in [0.717, 1.165) is 0 Å². The van der Waals surface area contributed by atoms with Crippen molar-refractivity contribution in [3.8, 4) is 11.8 Å². The molecule has 9 heteroatoms. The standard InChI is InChI=1S/C14H17N5O4/c1-2-3-4-8-17-12(15)9-13(18-8)19(6-16-9)14-11(22)10(21)7(5-20)23-14/h6-7,10-11,14,20-22H,2,5H2,1H3,(H2,15,17,18)/t7-,10-,11+,14-/m1/s1. The maximum atomic E-state index is 10.1. The highest BCUT2D eigenvalue weighted by Gasteiger charge is 2.44. The van der Waals surface area contributed by atoms with Crippen molar-refractivity contribution in [3.63, 3.8) is 0 Å².